The van der Waals surface area contributed by atoms with Crippen molar-refractivity contribution in [1.82, 2.24) is 9.88 Å². The third-order valence-corrected chi connectivity index (χ3v) is 2.72. The highest BCUT2D eigenvalue weighted by molar-refractivity contribution is 5.85. The number of benzene rings is 1. The fourth-order valence-corrected chi connectivity index (χ4v) is 1.37. The Labute approximate surface area is 120 Å². The van der Waals surface area contributed by atoms with Gasteiger partial charge < -0.3 is 14.6 Å². The van der Waals surface area contributed by atoms with Gasteiger partial charge in [-0.25, -0.2) is 0 Å². The fourth-order valence-electron chi connectivity index (χ4n) is 1.37. The van der Waals surface area contributed by atoms with Crippen molar-refractivity contribution < 1.29 is 4.42 Å². The molecule has 4 nitrogen and oxygen atoms in total. The minimum absolute atomic E-state index is 0. The third kappa shape index (κ3) is 4.05. The molecule has 0 aliphatic carbocycles. The van der Waals surface area contributed by atoms with Crippen LogP contribution in [0.5, 0.6) is 0 Å². The monoisotopic (exact) mass is 291 g/mol. The van der Waals surface area contributed by atoms with Crippen LogP contribution in [0, 0.1) is 0 Å². The third-order valence-electron chi connectivity index (χ3n) is 2.72. The van der Waals surface area contributed by atoms with E-state index >= 15 is 0 Å². The van der Waals surface area contributed by atoms with Gasteiger partial charge in [0, 0.05) is 12.6 Å². The number of para-hydroxylation sites is 2. The number of oxazole rings is 1. The molecular weight excluding hydrogens is 273 g/mol. The lowest BCUT2D eigenvalue weighted by Gasteiger charge is -2.19. The maximum atomic E-state index is 5.56. The largest absolute Gasteiger partial charge is 0.424 e. The number of nitrogens with one attached hydrogen (secondary N) is 1. The van der Waals surface area contributed by atoms with Crippen LogP contribution >= 0.6 is 24.8 Å². The van der Waals surface area contributed by atoms with E-state index < -0.39 is 0 Å². The van der Waals surface area contributed by atoms with Crippen LogP contribution in [0.2, 0.25) is 0 Å². The summed E-state index contributed by atoms with van der Waals surface area (Å²) in [6, 6.07) is 8.80. The maximum absolute atomic E-state index is 5.56. The lowest BCUT2D eigenvalue weighted by molar-refractivity contribution is 0.324. The average molecular weight is 292 g/mol. The van der Waals surface area contributed by atoms with Crippen molar-refractivity contribution in [3.05, 3.63) is 24.3 Å². The molecule has 0 aliphatic rings. The molecule has 1 N–H and O–H groups in total. The standard InChI is InChI=1S/C12H17N3O.2ClH/c1-9(15(2)3)8-13-12-14-10-6-4-5-7-11(10)16-12;;/h4-7,9H,8H2,1-3H3,(H,13,14);2*1H. The van der Waals surface area contributed by atoms with E-state index in [1.807, 2.05) is 24.3 Å². The Hall–Kier alpha value is -0.970. The average Bonchev–Trinajstić information content (AvgIpc) is 2.68. The predicted octanol–water partition coefficient (Wildman–Crippen LogP) is 3.03. The van der Waals surface area contributed by atoms with Crippen LogP contribution in [0.1, 0.15) is 6.92 Å². The molecule has 0 radical (unpaired) electrons. The lowest BCUT2D eigenvalue weighted by atomic mass is 10.3. The molecule has 0 amide bonds. The van der Waals surface area contributed by atoms with Crippen LogP contribution in [-0.2, 0) is 0 Å². The summed E-state index contributed by atoms with van der Waals surface area (Å²) in [6.45, 7) is 2.97. The molecular formula is C12H19Cl2N3O. The molecule has 1 heterocycles. The second-order valence-electron chi connectivity index (χ2n) is 4.18. The first kappa shape index (κ1) is 17.0. The molecule has 1 atom stereocenters. The van der Waals surface area contributed by atoms with Crippen LogP contribution < -0.4 is 5.32 Å². The number of nitrogens with zero attached hydrogens (tertiary/aromatic N) is 2. The summed E-state index contributed by atoms with van der Waals surface area (Å²) in [5.74, 6) is 0. The van der Waals surface area contributed by atoms with Gasteiger partial charge in [-0.05, 0) is 33.2 Å². The van der Waals surface area contributed by atoms with Gasteiger partial charge in [0.15, 0.2) is 5.58 Å². The van der Waals surface area contributed by atoms with Gasteiger partial charge in [-0.1, -0.05) is 12.1 Å². The molecule has 102 valence electrons. The second kappa shape index (κ2) is 7.46. The van der Waals surface area contributed by atoms with Crippen LogP contribution in [0.3, 0.4) is 0 Å². The van der Waals surface area contributed by atoms with Gasteiger partial charge in [0.05, 0.1) is 0 Å². The van der Waals surface area contributed by atoms with Crippen molar-refractivity contribution in [3.63, 3.8) is 0 Å². The molecule has 1 unspecified atom stereocenters. The summed E-state index contributed by atoms with van der Waals surface area (Å²) in [4.78, 5) is 6.50. The van der Waals surface area contributed by atoms with Crippen molar-refractivity contribution in [2.45, 2.75) is 13.0 Å². The van der Waals surface area contributed by atoms with Crippen LogP contribution in [-0.4, -0.2) is 36.6 Å². The van der Waals surface area contributed by atoms with E-state index in [2.05, 4.69) is 36.2 Å². The van der Waals surface area contributed by atoms with E-state index in [0.29, 0.717) is 12.1 Å². The molecule has 0 saturated carbocycles. The van der Waals surface area contributed by atoms with Crippen LogP contribution in [0.25, 0.3) is 11.1 Å². The number of aromatic nitrogens is 1. The first-order chi connectivity index (χ1) is 7.66. The van der Waals surface area contributed by atoms with E-state index in [1.165, 1.54) is 0 Å². The van der Waals surface area contributed by atoms with Gasteiger partial charge in [-0.3, -0.25) is 0 Å². The van der Waals surface area contributed by atoms with Gasteiger partial charge in [0.25, 0.3) is 6.01 Å². The zero-order chi connectivity index (χ0) is 11.5. The first-order valence-electron chi connectivity index (χ1n) is 5.42. The van der Waals surface area contributed by atoms with E-state index in [0.717, 1.165) is 17.6 Å². The number of hydrogen-bond acceptors (Lipinski definition) is 4. The molecule has 0 aliphatic heterocycles. The summed E-state index contributed by atoms with van der Waals surface area (Å²) >= 11 is 0. The van der Waals surface area contributed by atoms with Gasteiger partial charge >= 0.3 is 0 Å². The Morgan fingerprint density at radius 2 is 1.94 bits per heavy atom. The number of hydrogen-bond donors (Lipinski definition) is 1. The fraction of sp³-hybridized carbons (Fsp3) is 0.417. The zero-order valence-electron chi connectivity index (χ0n) is 10.7. The molecule has 0 bridgehead atoms. The topological polar surface area (TPSA) is 41.3 Å². The summed E-state index contributed by atoms with van der Waals surface area (Å²) < 4.78 is 5.56. The summed E-state index contributed by atoms with van der Waals surface area (Å²) in [7, 11) is 4.11. The Morgan fingerprint density at radius 3 is 2.56 bits per heavy atom. The van der Waals surface area contributed by atoms with Gasteiger partial charge in [0.1, 0.15) is 5.52 Å². The Kier molecular flexibility index (Phi) is 7.06. The highest BCUT2D eigenvalue weighted by Crippen LogP contribution is 2.17. The molecule has 2 rings (SSSR count). The summed E-state index contributed by atoms with van der Waals surface area (Å²) in [5.41, 5.74) is 1.71. The minimum atomic E-state index is 0. The summed E-state index contributed by atoms with van der Waals surface area (Å²) in [5, 5.41) is 3.20. The van der Waals surface area contributed by atoms with Crippen molar-refractivity contribution in [2.75, 3.05) is 26.0 Å². The van der Waals surface area contributed by atoms with Crippen molar-refractivity contribution >= 4 is 41.9 Å². The predicted molar refractivity (Wildman–Crippen MR) is 80.1 cm³/mol. The highest BCUT2D eigenvalue weighted by Gasteiger charge is 2.07. The second-order valence-corrected chi connectivity index (χ2v) is 4.18. The Balaban J connectivity index is 0.00000144. The molecule has 1 aromatic carbocycles. The molecule has 2 aromatic rings. The van der Waals surface area contributed by atoms with E-state index in [1.54, 1.807) is 0 Å². The molecule has 0 fully saturated rings. The van der Waals surface area contributed by atoms with Crippen LogP contribution in [0.15, 0.2) is 28.7 Å². The van der Waals surface area contributed by atoms with Gasteiger partial charge in [0.2, 0.25) is 0 Å². The number of likely N-dealkylation sites (N-methyl/N-ethyl adjacent to an activating group) is 1. The zero-order valence-corrected chi connectivity index (χ0v) is 12.3. The molecule has 0 saturated heterocycles. The SMILES string of the molecule is CC(CNc1nc2ccccc2o1)N(C)C.Cl.Cl. The Bertz CT molecular complexity index is 440. The van der Waals surface area contributed by atoms with Crippen molar-refractivity contribution in [2.24, 2.45) is 0 Å². The Morgan fingerprint density at radius 1 is 1.28 bits per heavy atom. The number of rotatable bonds is 4. The van der Waals surface area contributed by atoms with Gasteiger partial charge in [-0.15, -0.1) is 24.8 Å². The van der Waals surface area contributed by atoms with Crippen LogP contribution in [0.4, 0.5) is 6.01 Å². The summed E-state index contributed by atoms with van der Waals surface area (Å²) in [6.07, 6.45) is 0. The number of anilines is 1. The van der Waals surface area contributed by atoms with E-state index in [9.17, 15) is 0 Å². The molecule has 1 aromatic heterocycles. The smallest absolute Gasteiger partial charge is 0.295 e. The van der Waals surface area contributed by atoms with Gasteiger partial charge in [-0.2, -0.15) is 4.98 Å². The van der Waals surface area contributed by atoms with Crippen molar-refractivity contribution in [3.8, 4) is 0 Å². The van der Waals surface area contributed by atoms with Crippen molar-refractivity contribution in [1.29, 1.82) is 0 Å². The molecule has 6 heteroatoms. The molecule has 0 spiro atoms. The normalized spacial score (nSPS) is 11.8. The first-order valence-corrected chi connectivity index (χ1v) is 5.42. The number of fused-ring (bicyclic) bond motifs is 1. The maximum Gasteiger partial charge on any atom is 0.295 e. The van der Waals surface area contributed by atoms with E-state index in [4.69, 9.17) is 4.42 Å². The highest BCUT2D eigenvalue weighted by atomic mass is 35.5. The minimum Gasteiger partial charge on any atom is -0.424 e. The van der Waals surface area contributed by atoms with E-state index in [-0.39, 0.29) is 24.8 Å². The quantitative estimate of drug-likeness (QED) is 0.940. The molecule has 18 heavy (non-hydrogen) atoms. The number of halogens is 2. The lowest BCUT2D eigenvalue weighted by Crippen LogP contribution is -2.31.